The number of rotatable bonds is 6. The molecule has 2 rings (SSSR count). The molecule has 0 saturated heterocycles. The number of aliphatic carboxylic acids is 1. The molecule has 2 amide bonds. The van der Waals surface area contributed by atoms with E-state index >= 15 is 0 Å². The fourth-order valence-electron chi connectivity index (χ4n) is 2.05. The summed E-state index contributed by atoms with van der Waals surface area (Å²) in [5.74, 6) is -2.37. The van der Waals surface area contributed by atoms with Crippen LogP contribution in [0.15, 0.2) is 36.4 Å². The van der Waals surface area contributed by atoms with Crippen LogP contribution >= 0.6 is 34.8 Å². The van der Waals surface area contributed by atoms with Crippen molar-refractivity contribution in [1.29, 1.82) is 0 Å². The van der Waals surface area contributed by atoms with E-state index in [0.29, 0.717) is 5.02 Å². The highest BCUT2D eigenvalue weighted by Gasteiger charge is 2.19. The van der Waals surface area contributed by atoms with Gasteiger partial charge in [-0.2, -0.15) is 0 Å². The molecule has 136 valence electrons. The molecule has 2 aromatic rings. The van der Waals surface area contributed by atoms with E-state index < -0.39 is 24.3 Å². The van der Waals surface area contributed by atoms with Crippen molar-refractivity contribution in [1.82, 2.24) is 10.6 Å². The molecule has 0 aromatic heterocycles. The third-order valence-corrected chi connectivity index (χ3v) is 4.15. The third-order valence-electron chi connectivity index (χ3n) is 3.30. The summed E-state index contributed by atoms with van der Waals surface area (Å²) >= 11 is 17.9. The molecule has 3 N–H and O–H groups in total. The molecule has 0 unspecified atom stereocenters. The van der Waals surface area contributed by atoms with Crippen LogP contribution in [0.25, 0.3) is 0 Å². The minimum Gasteiger partial charge on any atom is -0.480 e. The molecule has 6 nitrogen and oxygen atoms in total. The van der Waals surface area contributed by atoms with E-state index in [4.69, 9.17) is 39.9 Å². The maximum absolute atomic E-state index is 12.3. The zero-order valence-electron chi connectivity index (χ0n) is 13.2. The Labute approximate surface area is 164 Å². The second-order valence-corrected chi connectivity index (χ2v) is 6.45. The van der Waals surface area contributed by atoms with Gasteiger partial charge in [0, 0.05) is 17.1 Å². The third kappa shape index (κ3) is 5.36. The highest BCUT2D eigenvalue weighted by molar-refractivity contribution is 6.40. The number of benzene rings is 2. The van der Waals surface area contributed by atoms with Gasteiger partial charge < -0.3 is 15.7 Å². The molecule has 26 heavy (non-hydrogen) atoms. The van der Waals surface area contributed by atoms with E-state index in [-0.39, 0.29) is 27.7 Å². The zero-order valence-corrected chi connectivity index (χ0v) is 15.5. The van der Waals surface area contributed by atoms with Crippen molar-refractivity contribution in [3.8, 4) is 0 Å². The van der Waals surface area contributed by atoms with Crippen molar-refractivity contribution in [2.24, 2.45) is 0 Å². The lowest BCUT2D eigenvalue weighted by Crippen LogP contribution is -2.30. The fraction of sp³-hybridized carbons (Fsp3) is 0.118. The number of carbonyl (C=O) groups is 3. The highest BCUT2D eigenvalue weighted by Crippen LogP contribution is 2.26. The average molecular weight is 416 g/mol. The zero-order chi connectivity index (χ0) is 19.3. The van der Waals surface area contributed by atoms with E-state index in [1.54, 1.807) is 24.3 Å². The van der Waals surface area contributed by atoms with Crippen LogP contribution in [0.2, 0.25) is 15.1 Å². The predicted molar refractivity (Wildman–Crippen MR) is 99.1 cm³/mol. The van der Waals surface area contributed by atoms with E-state index in [1.807, 2.05) is 0 Å². The number of hydrogen-bond acceptors (Lipinski definition) is 3. The molecular weight excluding hydrogens is 403 g/mol. The summed E-state index contributed by atoms with van der Waals surface area (Å²) < 4.78 is 0. The normalized spacial score (nSPS) is 10.3. The second-order valence-electron chi connectivity index (χ2n) is 5.20. The standard InChI is InChI=1S/C17H13Cl3N2O4/c18-11-3-1-9(2-4-11)7-21-16(25)10-5-12(19)15(13(20)6-10)17(26)22-8-14(23)24/h1-6H,7-8H2,(H,21,25)(H,22,26)(H,23,24). The molecule has 0 aliphatic carbocycles. The molecule has 9 heteroatoms. The van der Waals surface area contributed by atoms with Gasteiger partial charge in [0.15, 0.2) is 0 Å². The van der Waals surface area contributed by atoms with Gasteiger partial charge in [0.25, 0.3) is 11.8 Å². The lowest BCUT2D eigenvalue weighted by Gasteiger charge is -2.10. The summed E-state index contributed by atoms with van der Waals surface area (Å²) in [6.45, 7) is -0.305. The summed E-state index contributed by atoms with van der Waals surface area (Å²) in [6, 6.07) is 9.56. The number of halogens is 3. The Hall–Kier alpha value is -2.28. The van der Waals surface area contributed by atoms with Gasteiger partial charge in [0.05, 0.1) is 15.6 Å². The number of nitrogens with one attached hydrogen (secondary N) is 2. The summed E-state index contributed by atoms with van der Waals surface area (Å²) in [6.07, 6.45) is 0. The molecule has 0 fully saturated rings. The van der Waals surface area contributed by atoms with Gasteiger partial charge in [-0.15, -0.1) is 0 Å². The summed E-state index contributed by atoms with van der Waals surface area (Å²) in [5, 5.41) is 13.9. The quantitative estimate of drug-likeness (QED) is 0.674. The fourth-order valence-corrected chi connectivity index (χ4v) is 2.84. The number of carboxylic acid groups (broad SMARTS) is 1. The monoisotopic (exact) mass is 414 g/mol. The van der Waals surface area contributed by atoms with Crippen molar-refractivity contribution < 1.29 is 19.5 Å². The lowest BCUT2D eigenvalue weighted by molar-refractivity contribution is -0.135. The first-order valence-electron chi connectivity index (χ1n) is 7.29. The average Bonchev–Trinajstić information content (AvgIpc) is 2.58. The first kappa shape index (κ1) is 20.0. The van der Waals surface area contributed by atoms with Gasteiger partial charge in [-0.3, -0.25) is 14.4 Å². The van der Waals surface area contributed by atoms with Crippen LogP contribution in [0.1, 0.15) is 26.3 Å². The summed E-state index contributed by atoms with van der Waals surface area (Å²) in [7, 11) is 0. The molecular formula is C17H13Cl3N2O4. The number of carboxylic acids is 1. The smallest absolute Gasteiger partial charge is 0.322 e. The Balaban J connectivity index is 2.10. The maximum Gasteiger partial charge on any atom is 0.322 e. The maximum atomic E-state index is 12.3. The van der Waals surface area contributed by atoms with Gasteiger partial charge in [-0.1, -0.05) is 46.9 Å². The Kier molecular flexibility index (Phi) is 6.85. The largest absolute Gasteiger partial charge is 0.480 e. The van der Waals surface area contributed by atoms with Gasteiger partial charge in [0.1, 0.15) is 6.54 Å². The van der Waals surface area contributed by atoms with Gasteiger partial charge >= 0.3 is 5.97 Å². The molecule has 0 atom stereocenters. The van der Waals surface area contributed by atoms with E-state index in [1.165, 1.54) is 12.1 Å². The molecule has 2 aromatic carbocycles. The SMILES string of the molecule is O=C(O)CNC(=O)c1c(Cl)cc(C(=O)NCc2ccc(Cl)cc2)cc1Cl. The first-order chi connectivity index (χ1) is 12.3. The molecule has 0 bridgehead atoms. The Morgan fingerprint density at radius 3 is 2.00 bits per heavy atom. The highest BCUT2D eigenvalue weighted by atomic mass is 35.5. The minimum atomic E-state index is -1.20. The van der Waals surface area contributed by atoms with Crippen molar-refractivity contribution in [2.45, 2.75) is 6.54 Å². The van der Waals surface area contributed by atoms with Crippen LogP contribution in [-0.2, 0) is 11.3 Å². The van der Waals surface area contributed by atoms with Gasteiger partial charge in [-0.05, 0) is 29.8 Å². The Bertz CT molecular complexity index is 831. The Morgan fingerprint density at radius 1 is 0.885 bits per heavy atom. The van der Waals surface area contributed by atoms with Crippen LogP contribution in [0.4, 0.5) is 0 Å². The molecule has 0 radical (unpaired) electrons. The van der Waals surface area contributed by atoms with Crippen molar-refractivity contribution >= 4 is 52.6 Å². The van der Waals surface area contributed by atoms with Crippen LogP contribution < -0.4 is 10.6 Å². The number of hydrogen-bond donors (Lipinski definition) is 3. The van der Waals surface area contributed by atoms with E-state index in [0.717, 1.165) is 5.56 Å². The number of carbonyl (C=O) groups excluding carboxylic acids is 2. The van der Waals surface area contributed by atoms with Crippen LogP contribution in [0.5, 0.6) is 0 Å². The van der Waals surface area contributed by atoms with Crippen LogP contribution in [-0.4, -0.2) is 29.4 Å². The summed E-state index contributed by atoms with van der Waals surface area (Å²) in [4.78, 5) is 34.7. The Morgan fingerprint density at radius 2 is 1.46 bits per heavy atom. The lowest BCUT2D eigenvalue weighted by atomic mass is 10.1. The van der Waals surface area contributed by atoms with Gasteiger partial charge in [-0.25, -0.2) is 0 Å². The molecule has 0 aliphatic heterocycles. The summed E-state index contributed by atoms with van der Waals surface area (Å²) in [5.41, 5.74) is 0.928. The molecule has 0 saturated carbocycles. The van der Waals surface area contributed by atoms with Crippen LogP contribution in [0, 0.1) is 0 Å². The predicted octanol–water partition coefficient (Wildman–Crippen LogP) is 3.39. The van der Waals surface area contributed by atoms with E-state index in [2.05, 4.69) is 10.6 Å². The van der Waals surface area contributed by atoms with Crippen molar-refractivity contribution in [3.05, 3.63) is 68.2 Å². The second kappa shape index (κ2) is 8.89. The number of amides is 2. The van der Waals surface area contributed by atoms with Crippen molar-refractivity contribution in [3.63, 3.8) is 0 Å². The van der Waals surface area contributed by atoms with E-state index in [9.17, 15) is 14.4 Å². The van der Waals surface area contributed by atoms with Crippen LogP contribution in [0.3, 0.4) is 0 Å². The molecule has 0 aliphatic rings. The molecule has 0 heterocycles. The molecule has 0 spiro atoms. The van der Waals surface area contributed by atoms with Crippen molar-refractivity contribution in [2.75, 3.05) is 6.54 Å². The first-order valence-corrected chi connectivity index (χ1v) is 8.43. The minimum absolute atomic E-state index is 0.0583. The topological polar surface area (TPSA) is 95.5 Å². The van der Waals surface area contributed by atoms with Gasteiger partial charge in [0.2, 0.25) is 0 Å².